The summed E-state index contributed by atoms with van der Waals surface area (Å²) in [5.41, 5.74) is 2.46. The highest BCUT2D eigenvalue weighted by Gasteiger charge is 2.19. The minimum absolute atomic E-state index is 0.0279. The number of hydrogen-bond donors (Lipinski definition) is 2. The van der Waals surface area contributed by atoms with Crippen LogP contribution in [-0.4, -0.2) is 26.1 Å². The van der Waals surface area contributed by atoms with Crippen molar-refractivity contribution >= 4 is 33.6 Å². The molecule has 9 heteroatoms. The molecule has 0 radical (unpaired) electrons. The first kappa shape index (κ1) is 22.1. The van der Waals surface area contributed by atoms with Crippen LogP contribution >= 0.6 is 0 Å². The molecule has 0 aliphatic rings. The Bertz CT molecular complexity index is 1200. The summed E-state index contributed by atoms with van der Waals surface area (Å²) in [4.78, 5) is 12.3. The van der Waals surface area contributed by atoms with E-state index in [0.29, 0.717) is 29.3 Å². The molecular formula is C22H23N3O5S. The predicted octanol–water partition coefficient (Wildman–Crippen LogP) is 4.14. The third kappa shape index (κ3) is 5.52. The van der Waals surface area contributed by atoms with Crippen LogP contribution in [0.15, 0.2) is 64.0 Å². The summed E-state index contributed by atoms with van der Waals surface area (Å²) in [6.45, 7) is 5.84. The summed E-state index contributed by atoms with van der Waals surface area (Å²) in [5, 5.41) is 6.43. The molecule has 0 saturated heterocycles. The van der Waals surface area contributed by atoms with Crippen molar-refractivity contribution < 1.29 is 22.5 Å². The Morgan fingerprint density at radius 3 is 2.48 bits per heavy atom. The SMILES string of the molecule is CCOc1ccccc1C=CC(=O)Nc1ccc(S(=O)(=O)Nc2onc(C)c2C)cc1. The van der Waals surface area contributed by atoms with Gasteiger partial charge in [0.15, 0.2) is 0 Å². The van der Waals surface area contributed by atoms with E-state index >= 15 is 0 Å². The van der Waals surface area contributed by atoms with Gasteiger partial charge in [-0.3, -0.25) is 4.79 Å². The molecule has 0 bridgehead atoms. The molecule has 2 N–H and O–H groups in total. The fourth-order valence-electron chi connectivity index (χ4n) is 2.66. The number of nitrogens with one attached hydrogen (secondary N) is 2. The highest BCUT2D eigenvalue weighted by molar-refractivity contribution is 7.92. The molecule has 162 valence electrons. The van der Waals surface area contributed by atoms with Crippen molar-refractivity contribution in [2.75, 3.05) is 16.6 Å². The summed E-state index contributed by atoms with van der Waals surface area (Å²) >= 11 is 0. The molecule has 3 aromatic rings. The maximum atomic E-state index is 12.5. The van der Waals surface area contributed by atoms with Gasteiger partial charge in [-0.1, -0.05) is 23.4 Å². The van der Waals surface area contributed by atoms with E-state index in [1.165, 1.54) is 30.3 Å². The van der Waals surface area contributed by atoms with Gasteiger partial charge in [-0.05, 0) is 57.2 Å². The van der Waals surface area contributed by atoms with Crippen molar-refractivity contribution in [1.29, 1.82) is 0 Å². The zero-order chi connectivity index (χ0) is 22.4. The van der Waals surface area contributed by atoms with E-state index in [-0.39, 0.29) is 16.7 Å². The Balaban J connectivity index is 1.66. The van der Waals surface area contributed by atoms with Gasteiger partial charge in [0.25, 0.3) is 10.0 Å². The Hall–Kier alpha value is -3.59. The quantitative estimate of drug-likeness (QED) is 0.508. The second-order valence-electron chi connectivity index (χ2n) is 6.65. The van der Waals surface area contributed by atoms with Gasteiger partial charge in [0.2, 0.25) is 11.8 Å². The summed E-state index contributed by atoms with van der Waals surface area (Å²) < 4.78 is 38.0. The van der Waals surface area contributed by atoms with E-state index in [4.69, 9.17) is 9.26 Å². The number of aryl methyl sites for hydroxylation is 1. The molecule has 1 amide bonds. The fraction of sp³-hybridized carbons (Fsp3) is 0.182. The van der Waals surface area contributed by atoms with Crippen molar-refractivity contribution in [3.63, 3.8) is 0 Å². The van der Waals surface area contributed by atoms with E-state index in [2.05, 4.69) is 15.2 Å². The third-order valence-electron chi connectivity index (χ3n) is 4.45. The number of nitrogens with zero attached hydrogens (tertiary/aromatic N) is 1. The van der Waals surface area contributed by atoms with Gasteiger partial charge in [-0.25, -0.2) is 13.1 Å². The number of rotatable bonds is 8. The molecule has 0 fully saturated rings. The van der Waals surface area contributed by atoms with Gasteiger partial charge in [0.1, 0.15) is 5.75 Å². The van der Waals surface area contributed by atoms with Crippen LogP contribution in [0.5, 0.6) is 5.75 Å². The number of sulfonamides is 1. The molecule has 31 heavy (non-hydrogen) atoms. The van der Waals surface area contributed by atoms with Crippen molar-refractivity contribution in [1.82, 2.24) is 5.16 Å². The van der Waals surface area contributed by atoms with Crippen LogP contribution in [0.1, 0.15) is 23.7 Å². The molecule has 0 saturated carbocycles. The van der Waals surface area contributed by atoms with Crippen LogP contribution in [0.2, 0.25) is 0 Å². The molecule has 8 nitrogen and oxygen atoms in total. The first-order chi connectivity index (χ1) is 14.8. The number of amides is 1. The molecule has 0 aliphatic carbocycles. The van der Waals surface area contributed by atoms with Crippen LogP contribution in [0.4, 0.5) is 11.6 Å². The molecule has 0 atom stereocenters. The number of para-hydroxylation sites is 1. The van der Waals surface area contributed by atoms with Gasteiger partial charge in [-0.2, -0.15) is 0 Å². The lowest BCUT2D eigenvalue weighted by atomic mass is 10.2. The summed E-state index contributed by atoms with van der Waals surface area (Å²) in [5.74, 6) is 0.411. The third-order valence-corrected chi connectivity index (χ3v) is 5.80. The van der Waals surface area contributed by atoms with E-state index in [1.807, 2.05) is 31.2 Å². The topological polar surface area (TPSA) is 111 Å². The Morgan fingerprint density at radius 2 is 1.84 bits per heavy atom. The minimum Gasteiger partial charge on any atom is -0.493 e. The standard InChI is InChI=1S/C22H23N3O5S/c1-4-29-20-8-6-5-7-17(20)9-14-21(26)23-18-10-12-19(13-11-18)31(27,28)25-22-15(2)16(3)24-30-22/h5-14,25H,4H2,1-3H3,(H,23,26). The highest BCUT2D eigenvalue weighted by atomic mass is 32.2. The first-order valence-electron chi connectivity index (χ1n) is 9.57. The minimum atomic E-state index is -3.85. The highest BCUT2D eigenvalue weighted by Crippen LogP contribution is 2.23. The molecule has 3 rings (SSSR count). The number of ether oxygens (including phenoxy) is 1. The largest absolute Gasteiger partial charge is 0.493 e. The smallest absolute Gasteiger partial charge is 0.264 e. The van der Waals surface area contributed by atoms with E-state index < -0.39 is 10.0 Å². The zero-order valence-corrected chi connectivity index (χ0v) is 18.2. The normalized spacial score (nSPS) is 11.5. The van der Waals surface area contributed by atoms with Crippen molar-refractivity contribution in [2.45, 2.75) is 25.7 Å². The summed E-state index contributed by atoms with van der Waals surface area (Å²) in [6.07, 6.45) is 3.05. The number of benzene rings is 2. The molecule has 0 aliphatic heterocycles. The molecule has 1 aromatic heterocycles. The maximum Gasteiger partial charge on any atom is 0.264 e. The molecule has 0 spiro atoms. The molecule has 1 heterocycles. The first-order valence-corrected chi connectivity index (χ1v) is 11.0. The Kier molecular flexibility index (Phi) is 6.76. The van der Waals surface area contributed by atoms with Crippen LogP contribution in [0.3, 0.4) is 0 Å². The van der Waals surface area contributed by atoms with Gasteiger partial charge in [-0.15, -0.1) is 0 Å². The van der Waals surface area contributed by atoms with E-state index in [9.17, 15) is 13.2 Å². The van der Waals surface area contributed by atoms with Crippen LogP contribution < -0.4 is 14.8 Å². The van der Waals surface area contributed by atoms with Gasteiger partial charge in [0, 0.05) is 22.9 Å². The molecular weight excluding hydrogens is 418 g/mol. The summed E-state index contributed by atoms with van der Waals surface area (Å²) in [7, 11) is -3.85. The zero-order valence-electron chi connectivity index (χ0n) is 17.4. The molecule has 2 aromatic carbocycles. The van der Waals surface area contributed by atoms with Crippen LogP contribution in [0.25, 0.3) is 6.08 Å². The maximum absolute atomic E-state index is 12.5. The average Bonchev–Trinajstić information content (AvgIpc) is 3.05. The Morgan fingerprint density at radius 1 is 1.13 bits per heavy atom. The van der Waals surface area contributed by atoms with E-state index in [0.717, 1.165) is 5.56 Å². The number of anilines is 2. The van der Waals surface area contributed by atoms with Gasteiger partial charge >= 0.3 is 0 Å². The van der Waals surface area contributed by atoms with Crippen molar-refractivity contribution in [2.24, 2.45) is 0 Å². The van der Waals surface area contributed by atoms with Gasteiger partial charge < -0.3 is 14.6 Å². The lowest BCUT2D eigenvalue weighted by Gasteiger charge is -2.08. The molecule has 0 unspecified atom stereocenters. The van der Waals surface area contributed by atoms with Crippen LogP contribution in [0, 0.1) is 13.8 Å². The number of aromatic nitrogens is 1. The predicted molar refractivity (Wildman–Crippen MR) is 119 cm³/mol. The van der Waals surface area contributed by atoms with Gasteiger partial charge in [0.05, 0.1) is 17.2 Å². The summed E-state index contributed by atoms with van der Waals surface area (Å²) in [6, 6.07) is 13.2. The van der Waals surface area contributed by atoms with Crippen molar-refractivity contribution in [3.05, 3.63) is 71.4 Å². The van der Waals surface area contributed by atoms with Crippen molar-refractivity contribution in [3.8, 4) is 5.75 Å². The monoisotopic (exact) mass is 441 g/mol. The lowest BCUT2D eigenvalue weighted by Crippen LogP contribution is -2.13. The second kappa shape index (κ2) is 9.48. The lowest BCUT2D eigenvalue weighted by molar-refractivity contribution is -0.111. The number of hydrogen-bond acceptors (Lipinski definition) is 6. The van der Waals surface area contributed by atoms with Crippen LogP contribution in [-0.2, 0) is 14.8 Å². The fourth-order valence-corrected chi connectivity index (χ4v) is 3.71. The Labute approximate surface area is 181 Å². The van der Waals surface area contributed by atoms with E-state index in [1.54, 1.807) is 19.9 Å². The second-order valence-corrected chi connectivity index (χ2v) is 8.33. The average molecular weight is 442 g/mol. The number of carbonyl (C=O) groups excluding carboxylic acids is 1. The number of carbonyl (C=O) groups is 1.